The maximum Gasteiger partial charge on any atom is 0.179 e. The van der Waals surface area contributed by atoms with Gasteiger partial charge in [0.2, 0.25) is 0 Å². The topological polar surface area (TPSA) is 18.1 Å². The third-order valence-corrected chi connectivity index (χ3v) is 3.09. The average molecular weight is 117 g/mol. The Morgan fingerprint density at radius 3 is 3.00 bits per heavy atom. The van der Waals surface area contributed by atoms with Crippen LogP contribution in [0.1, 0.15) is 12.8 Å². The quantitative estimate of drug-likeness (QED) is 0.507. The van der Waals surface area contributed by atoms with Gasteiger partial charge in [-0.3, -0.25) is 0 Å². The molecule has 3 heteroatoms. The van der Waals surface area contributed by atoms with Crippen LogP contribution in [-0.2, 0) is 12.7 Å². The second kappa shape index (κ2) is 1.19. The highest BCUT2D eigenvalue weighted by Gasteiger charge is 2.16. The van der Waals surface area contributed by atoms with Gasteiger partial charge in [-0.2, -0.15) is 4.50 Å². The zero-order valence-corrected chi connectivity index (χ0v) is 5.03. The van der Waals surface area contributed by atoms with Crippen molar-refractivity contribution in [1.29, 1.82) is 0 Å². The Balaban J connectivity index is 2.19. The average Bonchev–Trinajstić information content (AvgIpc) is 2.41. The molecule has 2 nitrogen and oxygen atoms in total. The molecule has 1 aliphatic rings. The van der Waals surface area contributed by atoms with Gasteiger partial charge in [-0.15, -0.1) is 0 Å². The SMILES string of the molecule is C1CCp2on2C1. The molecule has 1 unspecified atom stereocenters. The van der Waals surface area contributed by atoms with E-state index in [1.165, 1.54) is 25.5 Å². The van der Waals surface area contributed by atoms with E-state index in [1.54, 1.807) is 0 Å². The van der Waals surface area contributed by atoms with E-state index in [4.69, 9.17) is 4.30 Å². The first-order chi connectivity index (χ1) is 3.47. The molecule has 0 aromatic carbocycles. The van der Waals surface area contributed by atoms with E-state index in [0.717, 1.165) is 0 Å². The van der Waals surface area contributed by atoms with E-state index in [9.17, 15) is 0 Å². The molecule has 1 aromatic rings. The zero-order chi connectivity index (χ0) is 4.69. The Kier molecular flexibility index (Phi) is 0.656. The van der Waals surface area contributed by atoms with Crippen molar-refractivity contribution in [3.05, 3.63) is 0 Å². The van der Waals surface area contributed by atoms with Crippen molar-refractivity contribution < 1.29 is 4.30 Å². The fourth-order valence-electron chi connectivity index (χ4n) is 0.891. The number of hydrogen-bond acceptors (Lipinski definition) is 1. The van der Waals surface area contributed by atoms with Crippen LogP contribution in [0.5, 0.6) is 0 Å². The molecule has 1 aliphatic heterocycles. The first-order valence-electron chi connectivity index (χ1n) is 2.70. The normalized spacial score (nSPS) is 22.6. The van der Waals surface area contributed by atoms with Gasteiger partial charge in [0.25, 0.3) is 0 Å². The lowest BCUT2D eigenvalue weighted by Gasteiger charge is -1.94. The van der Waals surface area contributed by atoms with Crippen LogP contribution in [0.15, 0.2) is 4.30 Å². The Bertz CT molecular complexity index is 135. The summed E-state index contributed by atoms with van der Waals surface area (Å²) in [5, 5.41) is 0. The van der Waals surface area contributed by atoms with E-state index < -0.39 is 0 Å². The summed E-state index contributed by atoms with van der Waals surface area (Å²) >= 11 is 0. The van der Waals surface area contributed by atoms with Gasteiger partial charge in [-0.1, -0.05) is 0 Å². The van der Waals surface area contributed by atoms with Gasteiger partial charge < -0.3 is 4.30 Å². The lowest BCUT2D eigenvalue weighted by molar-refractivity contribution is 0.434. The molecule has 0 saturated heterocycles. The third-order valence-electron chi connectivity index (χ3n) is 1.36. The molecule has 0 fully saturated rings. The summed E-state index contributed by atoms with van der Waals surface area (Å²) in [5.74, 6) is 0. The van der Waals surface area contributed by atoms with Crippen LogP contribution >= 0.6 is 7.93 Å². The summed E-state index contributed by atoms with van der Waals surface area (Å²) in [6.45, 7) is 1.20. The van der Waals surface area contributed by atoms with E-state index >= 15 is 0 Å². The largest absolute Gasteiger partial charge is 0.348 e. The molecule has 2 heterocycles. The van der Waals surface area contributed by atoms with Crippen molar-refractivity contribution in [1.82, 2.24) is 4.50 Å². The first-order valence-corrected chi connectivity index (χ1v) is 4.10. The Morgan fingerprint density at radius 1 is 1.43 bits per heavy atom. The van der Waals surface area contributed by atoms with E-state index in [2.05, 4.69) is 4.50 Å². The van der Waals surface area contributed by atoms with Gasteiger partial charge in [0.15, 0.2) is 7.93 Å². The molecule has 0 spiro atoms. The second-order valence-corrected chi connectivity index (χ2v) is 3.70. The summed E-state index contributed by atoms with van der Waals surface area (Å²) in [5.41, 5.74) is 0. The standard InChI is InChI=1S/C4H8NOP/c1-2-4-7-5(3-1)6-7/h1-4H2. The zero-order valence-electron chi connectivity index (χ0n) is 4.13. The van der Waals surface area contributed by atoms with E-state index in [0.29, 0.717) is 0 Å². The minimum Gasteiger partial charge on any atom is -0.348 e. The monoisotopic (exact) mass is 117 g/mol. The molecule has 0 amide bonds. The maximum atomic E-state index is 5.18. The van der Waals surface area contributed by atoms with Gasteiger partial charge in [0.05, 0.1) is 6.54 Å². The highest BCUT2D eigenvalue weighted by atomic mass is 31.1. The van der Waals surface area contributed by atoms with Crippen molar-refractivity contribution in [2.45, 2.75) is 25.5 Å². The summed E-state index contributed by atoms with van der Waals surface area (Å²) in [6.07, 6.45) is 4.07. The number of nitrogens with zero attached hydrogens (tertiary/aromatic N) is 1. The first kappa shape index (κ1) is 3.85. The Labute approximate surface area is 43.3 Å². The summed E-state index contributed by atoms with van der Waals surface area (Å²) in [7, 11) is 0.00836. The molecule has 0 bridgehead atoms. The summed E-state index contributed by atoms with van der Waals surface area (Å²) in [6, 6.07) is 0. The van der Waals surface area contributed by atoms with E-state index in [-0.39, 0.29) is 7.93 Å². The molecule has 40 valence electrons. The van der Waals surface area contributed by atoms with Gasteiger partial charge in [-0.05, 0) is 12.8 Å². The molecule has 7 heavy (non-hydrogen) atoms. The fraction of sp³-hybridized carbons (Fsp3) is 1.00. The van der Waals surface area contributed by atoms with E-state index in [1.807, 2.05) is 0 Å². The molecular weight excluding hydrogens is 109 g/mol. The number of fused-ring (bicyclic) bond motifs is 1. The summed E-state index contributed by atoms with van der Waals surface area (Å²) < 4.78 is 7.30. The van der Waals surface area contributed by atoms with Gasteiger partial charge >= 0.3 is 0 Å². The summed E-state index contributed by atoms with van der Waals surface area (Å²) in [4.78, 5) is 0. The minimum absolute atomic E-state index is 0.00836. The molecular formula is C4H8NOP. The second-order valence-electron chi connectivity index (χ2n) is 1.94. The Hall–Kier alpha value is -0.100. The van der Waals surface area contributed by atoms with Gasteiger partial charge in [-0.25, -0.2) is 0 Å². The van der Waals surface area contributed by atoms with Crippen molar-refractivity contribution in [2.75, 3.05) is 0 Å². The van der Waals surface area contributed by atoms with Crippen molar-refractivity contribution >= 4 is 7.93 Å². The fourth-order valence-corrected chi connectivity index (χ4v) is 2.48. The van der Waals surface area contributed by atoms with Crippen LogP contribution in [0.25, 0.3) is 0 Å². The number of rotatable bonds is 0. The molecule has 0 N–H and O–H groups in total. The van der Waals surface area contributed by atoms with Gasteiger partial charge in [0.1, 0.15) is 0 Å². The molecule has 0 aliphatic carbocycles. The van der Waals surface area contributed by atoms with Crippen LogP contribution in [-0.4, -0.2) is 4.50 Å². The van der Waals surface area contributed by atoms with Crippen molar-refractivity contribution in [3.63, 3.8) is 0 Å². The van der Waals surface area contributed by atoms with Crippen LogP contribution in [0.3, 0.4) is 0 Å². The molecule has 1 atom stereocenters. The lowest BCUT2D eigenvalue weighted by Crippen LogP contribution is -1.89. The van der Waals surface area contributed by atoms with Gasteiger partial charge in [0, 0.05) is 6.16 Å². The predicted octanol–water partition coefficient (Wildman–Crippen LogP) is 1.86. The van der Waals surface area contributed by atoms with Crippen LogP contribution < -0.4 is 0 Å². The van der Waals surface area contributed by atoms with Crippen molar-refractivity contribution in [2.24, 2.45) is 0 Å². The van der Waals surface area contributed by atoms with Crippen LogP contribution in [0.4, 0.5) is 0 Å². The smallest absolute Gasteiger partial charge is 0.179 e. The van der Waals surface area contributed by atoms with Crippen LogP contribution in [0, 0.1) is 0 Å². The maximum absolute atomic E-state index is 5.18. The molecule has 2 rings (SSSR count). The van der Waals surface area contributed by atoms with Crippen molar-refractivity contribution in [3.8, 4) is 0 Å². The minimum atomic E-state index is 0.00836. The molecule has 0 radical (unpaired) electrons. The Morgan fingerprint density at radius 2 is 2.43 bits per heavy atom. The predicted molar refractivity (Wildman–Crippen MR) is 28.6 cm³/mol. The highest BCUT2D eigenvalue weighted by Crippen LogP contribution is 2.42. The number of aryl methyl sites for hydroxylation is 2. The molecule has 0 saturated carbocycles. The number of hydrogen-bond donors (Lipinski definition) is 0. The number of aromatic nitrogens is 1. The third kappa shape index (κ3) is 0.539. The van der Waals surface area contributed by atoms with Crippen LogP contribution in [0.2, 0.25) is 0 Å². The molecule has 1 aromatic heterocycles. The highest BCUT2D eigenvalue weighted by molar-refractivity contribution is 7.41. The lowest BCUT2D eigenvalue weighted by atomic mass is 10.3.